The van der Waals surface area contributed by atoms with Gasteiger partial charge in [0.15, 0.2) is 15.8 Å². The molecule has 0 aliphatic carbocycles. The van der Waals surface area contributed by atoms with Crippen LogP contribution in [0.1, 0.15) is 0 Å². The molecule has 1 aliphatic heterocycles. The molecule has 10 heteroatoms. The van der Waals surface area contributed by atoms with Crippen molar-refractivity contribution in [3.8, 4) is 0 Å². The highest BCUT2D eigenvalue weighted by Crippen LogP contribution is 2.26. The van der Waals surface area contributed by atoms with Crippen molar-refractivity contribution in [3.63, 3.8) is 0 Å². The van der Waals surface area contributed by atoms with E-state index in [1.165, 1.54) is 20.6 Å². The second-order valence-electron chi connectivity index (χ2n) is 4.51. The van der Waals surface area contributed by atoms with E-state index in [9.17, 15) is 13.2 Å². The van der Waals surface area contributed by atoms with E-state index in [2.05, 4.69) is 4.98 Å². The number of nitrogens with zero attached hydrogens (tertiary/aromatic N) is 4. The molecule has 3 rings (SSSR count). The third-order valence-corrected chi connectivity index (χ3v) is 5.89. The number of thiazole rings is 1. The molecule has 0 aromatic carbocycles. The van der Waals surface area contributed by atoms with Crippen molar-refractivity contribution < 1.29 is 13.2 Å². The van der Waals surface area contributed by atoms with Gasteiger partial charge < -0.3 is 10.6 Å². The minimum Gasteiger partial charge on any atom is -0.381 e. The summed E-state index contributed by atoms with van der Waals surface area (Å²) < 4.78 is 27.9. The maximum absolute atomic E-state index is 12.7. The lowest BCUT2D eigenvalue weighted by atomic mass is 10.4. The van der Waals surface area contributed by atoms with Crippen molar-refractivity contribution in [2.24, 2.45) is 0 Å². The molecule has 108 valence electrons. The van der Waals surface area contributed by atoms with E-state index in [1.807, 2.05) is 0 Å². The van der Waals surface area contributed by atoms with Crippen molar-refractivity contribution in [1.29, 1.82) is 0 Å². The zero-order chi connectivity index (χ0) is 14.5. The second kappa shape index (κ2) is 4.43. The fourth-order valence-electron chi connectivity index (χ4n) is 2.10. The van der Waals surface area contributed by atoms with Crippen molar-refractivity contribution >= 4 is 38.0 Å². The lowest BCUT2D eigenvalue weighted by Gasteiger charge is -2.30. The number of anilines is 1. The Morgan fingerprint density at radius 3 is 2.85 bits per heavy atom. The summed E-state index contributed by atoms with van der Waals surface area (Å²) >= 11 is 1.30. The number of carbonyl (C=O) groups is 1. The van der Waals surface area contributed by atoms with Crippen molar-refractivity contribution in [2.45, 2.75) is 5.03 Å². The largest absolute Gasteiger partial charge is 0.381 e. The van der Waals surface area contributed by atoms with E-state index in [0.29, 0.717) is 11.5 Å². The number of likely N-dealkylation sites (N-methyl/N-ethyl adjacent to an activating group) is 1. The highest BCUT2D eigenvalue weighted by molar-refractivity contribution is 7.89. The highest BCUT2D eigenvalue weighted by atomic mass is 32.2. The van der Waals surface area contributed by atoms with Crippen LogP contribution in [0, 0.1) is 0 Å². The van der Waals surface area contributed by atoms with Crippen LogP contribution in [-0.4, -0.2) is 59.6 Å². The Hall–Kier alpha value is -1.65. The lowest BCUT2D eigenvalue weighted by molar-refractivity contribution is -0.132. The smallest absolute Gasteiger partial charge is 0.263 e. The second-order valence-corrected chi connectivity index (χ2v) is 7.24. The molecule has 2 aromatic heterocycles. The van der Waals surface area contributed by atoms with E-state index >= 15 is 0 Å². The number of hydrogen-bond acceptors (Lipinski definition) is 6. The van der Waals surface area contributed by atoms with Crippen molar-refractivity contribution in [1.82, 2.24) is 18.6 Å². The third-order valence-electron chi connectivity index (χ3n) is 3.25. The van der Waals surface area contributed by atoms with Crippen LogP contribution in [-0.2, 0) is 14.8 Å². The number of imidazole rings is 1. The number of nitrogens with two attached hydrogens (primary N) is 1. The number of nitrogen functional groups attached to an aromatic ring is 1. The van der Waals surface area contributed by atoms with Gasteiger partial charge in [0.1, 0.15) is 0 Å². The molecule has 0 saturated carbocycles. The van der Waals surface area contributed by atoms with E-state index in [0.717, 1.165) is 4.31 Å². The summed E-state index contributed by atoms with van der Waals surface area (Å²) in [7, 11) is -2.18. The number of fused-ring (bicyclic) bond motifs is 1. The van der Waals surface area contributed by atoms with Gasteiger partial charge in [-0.3, -0.25) is 9.20 Å². The number of rotatable bonds is 2. The molecule has 1 saturated heterocycles. The maximum Gasteiger partial charge on any atom is 0.263 e. The molecule has 0 atom stereocenters. The number of hydrogen-bond donors (Lipinski definition) is 1. The fourth-order valence-corrected chi connectivity index (χ4v) is 4.43. The molecule has 2 N–H and O–H groups in total. The number of piperazine rings is 1. The summed E-state index contributed by atoms with van der Waals surface area (Å²) in [6, 6.07) is 0. The van der Waals surface area contributed by atoms with Gasteiger partial charge in [0.25, 0.3) is 10.0 Å². The first-order valence-corrected chi connectivity index (χ1v) is 8.18. The Balaban J connectivity index is 2.06. The van der Waals surface area contributed by atoms with Crippen LogP contribution in [0.4, 0.5) is 5.82 Å². The monoisotopic (exact) mass is 315 g/mol. The summed E-state index contributed by atoms with van der Waals surface area (Å²) in [4.78, 5) is 17.7. The van der Waals surface area contributed by atoms with Gasteiger partial charge in [0.05, 0.1) is 6.54 Å². The van der Waals surface area contributed by atoms with Gasteiger partial charge in [-0.15, -0.1) is 11.3 Å². The SMILES string of the molecule is CN1CCN(S(=O)(=O)c2c(N)nc3sccn23)CC1=O. The molecule has 1 fully saturated rings. The number of sulfonamides is 1. The summed E-state index contributed by atoms with van der Waals surface area (Å²) in [5.74, 6) is -0.271. The highest BCUT2D eigenvalue weighted by Gasteiger charge is 2.35. The Morgan fingerprint density at radius 2 is 2.15 bits per heavy atom. The van der Waals surface area contributed by atoms with E-state index in [1.54, 1.807) is 18.6 Å². The topological polar surface area (TPSA) is 101 Å². The van der Waals surface area contributed by atoms with Crippen LogP contribution in [0.2, 0.25) is 0 Å². The van der Waals surface area contributed by atoms with Gasteiger partial charge in [-0.25, -0.2) is 13.4 Å². The first kappa shape index (κ1) is 13.3. The summed E-state index contributed by atoms with van der Waals surface area (Å²) in [6.45, 7) is 0.445. The first-order chi connectivity index (χ1) is 9.41. The molecule has 1 amide bonds. The molecule has 0 spiro atoms. The van der Waals surface area contributed by atoms with Crippen LogP contribution in [0.25, 0.3) is 4.96 Å². The zero-order valence-corrected chi connectivity index (χ0v) is 12.3. The first-order valence-electron chi connectivity index (χ1n) is 5.86. The van der Waals surface area contributed by atoms with Crippen LogP contribution in [0.15, 0.2) is 16.6 Å². The average molecular weight is 315 g/mol. The minimum atomic E-state index is -3.83. The van der Waals surface area contributed by atoms with Crippen molar-refractivity contribution in [2.75, 3.05) is 32.4 Å². The number of amides is 1. The predicted molar refractivity (Wildman–Crippen MR) is 73.9 cm³/mol. The van der Waals surface area contributed by atoms with E-state index < -0.39 is 10.0 Å². The normalized spacial score (nSPS) is 18.1. The molecule has 8 nitrogen and oxygen atoms in total. The standard InChI is InChI=1S/C10H13N5O3S2/c1-13-2-3-14(6-7(13)16)20(17,18)9-8(11)12-10-15(9)4-5-19-10/h4-5H,2-3,6,11H2,1H3. The van der Waals surface area contributed by atoms with Gasteiger partial charge in [0, 0.05) is 31.7 Å². The maximum atomic E-state index is 12.7. The molecule has 0 radical (unpaired) electrons. The lowest BCUT2D eigenvalue weighted by Crippen LogP contribution is -2.50. The van der Waals surface area contributed by atoms with E-state index in [4.69, 9.17) is 5.73 Å². The molecule has 1 aliphatic rings. The number of aromatic nitrogens is 2. The Kier molecular flexibility index (Phi) is 2.96. The van der Waals surface area contributed by atoms with Gasteiger partial charge >= 0.3 is 0 Å². The quantitative estimate of drug-likeness (QED) is 0.800. The Bertz CT molecular complexity index is 778. The molecule has 3 heterocycles. The molecule has 20 heavy (non-hydrogen) atoms. The van der Waals surface area contributed by atoms with Crippen LogP contribution in [0.5, 0.6) is 0 Å². The van der Waals surface area contributed by atoms with Gasteiger partial charge in [-0.1, -0.05) is 0 Å². The van der Waals surface area contributed by atoms with Gasteiger partial charge in [0.2, 0.25) is 5.91 Å². The summed E-state index contributed by atoms with van der Waals surface area (Å²) in [6.07, 6.45) is 1.61. The van der Waals surface area contributed by atoms with E-state index in [-0.39, 0.29) is 29.8 Å². The molecular formula is C10H13N5O3S2. The Labute approximate surface area is 119 Å². The average Bonchev–Trinajstić information content (AvgIpc) is 2.91. The molecule has 0 bridgehead atoms. The molecule has 0 unspecified atom stereocenters. The fraction of sp³-hybridized carbons (Fsp3) is 0.400. The minimum absolute atomic E-state index is 0.0387. The van der Waals surface area contributed by atoms with Crippen molar-refractivity contribution in [3.05, 3.63) is 11.6 Å². The summed E-state index contributed by atoms with van der Waals surface area (Å²) in [5.41, 5.74) is 5.73. The predicted octanol–water partition coefficient (Wildman–Crippen LogP) is -0.559. The van der Waals surface area contributed by atoms with Crippen LogP contribution < -0.4 is 5.73 Å². The van der Waals surface area contributed by atoms with Gasteiger partial charge in [-0.2, -0.15) is 4.31 Å². The van der Waals surface area contributed by atoms with Crippen LogP contribution >= 0.6 is 11.3 Å². The molecular weight excluding hydrogens is 302 g/mol. The Morgan fingerprint density at radius 1 is 1.40 bits per heavy atom. The van der Waals surface area contributed by atoms with Crippen LogP contribution in [0.3, 0.4) is 0 Å². The van der Waals surface area contributed by atoms with Gasteiger partial charge in [-0.05, 0) is 0 Å². The third kappa shape index (κ3) is 1.87. The number of carbonyl (C=O) groups excluding carboxylic acids is 1. The molecule has 2 aromatic rings. The summed E-state index contributed by atoms with van der Waals surface area (Å²) in [5, 5.41) is 1.67. The zero-order valence-electron chi connectivity index (χ0n) is 10.7.